The number of aromatic nitrogens is 1. The third-order valence-corrected chi connectivity index (χ3v) is 3.79. The molecule has 0 amide bonds. The van der Waals surface area contributed by atoms with Crippen LogP contribution < -0.4 is 10.1 Å². The van der Waals surface area contributed by atoms with Crippen molar-refractivity contribution in [2.45, 2.75) is 19.4 Å². The number of ether oxygens (including phenoxy) is 1. The normalized spacial score (nSPS) is 12.4. The molecule has 102 valence electrons. The van der Waals surface area contributed by atoms with Crippen LogP contribution in [-0.2, 0) is 6.42 Å². The zero-order valence-electron chi connectivity index (χ0n) is 11.0. The molecule has 0 bridgehead atoms. The number of rotatable bonds is 6. The number of hydrogen-bond acceptors (Lipinski definition) is 4. The maximum Gasteiger partial charge on any atom is 0.165 e. The summed E-state index contributed by atoms with van der Waals surface area (Å²) < 4.78 is 18.3. The van der Waals surface area contributed by atoms with Crippen LogP contribution in [0.4, 0.5) is 4.39 Å². The number of benzene rings is 1. The molecule has 0 saturated carbocycles. The molecule has 19 heavy (non-hydrogen) atoms. The first kappa shape index (κ1) is 14.0. The molecule has 1 heterocycles. The molecule has 1 atom stereocenters. The molecular weight excluding hydrogens is 263 g/mol. The lowest BCUT2D eigenvalue weighted by Crippen LogP contribution is -2.21. The van der Waals surface area contributed by atoms with E-state index in [9.17, 15) is 4.39 Å². The SMILES string of the molecule is COc1cc(C(C)NCCc2nccs2)ccc1F. The number of halogens is 1. The fourth-order valence-electron chi connectivity index (χ4n) is 1.84. The second-order valence-electron chi connectivity index (χ2n) is 4.25. The molecule has 0 aliphatic carbocycles. The van der Waals surface area contributed by atoms with Crippen molar-refractivity contribution in [2.75, 3.05) is 13.7 Å². The van der Waals surface area contributed by atoms with E-state index in [0.29, 0.717) is 0 Å². The molecule has 0 spiro atoms. The number of thiazole rings is 1. The zero-order chi connectivity index (χ0) is 13.7. The molecule has 0 radical (unpaired) electrons. The summed E-state index contributed by atoms with van der Waals surface area (Å²) in [5.74, 6) is -0.0488. The highest BCUT2D eigenvalue weighted by atomic mass is 32.1. The smallest absolute Gasteiger partial charge is 0.165 e. The first-order chi connectivity index (χ1) is 9.20. The minimum absolute atomic E-state index is 0.148. The third kappa shape index (κ3) is 3.75. The lowest BCUT2D eigenvalue weighted by molar-refractivity contribution is 0.385. The van der Waals surface area contributed by atoms with Crippen LogP contribution in [0.5, 0.6) is 5.75 Å². The average molecular weight is 280 g/mol. The average Bonchev–Trinajstić information content (AvgIpc) is 2.92. The zero-order valence-corrected chi connectivity index (χ0v) is 11.8. The van der Waals surface area contributed by atoms with Gasteiger partial charge in [0, 0.05) is 30.6 Å². The molecule has 0 saturated heterocycles. The van der Waals surface area contributed by atoms with Gasteiger partial charge < -0.3 is 10.1 Å². The van der Waals surface area contributed by atoms with E-state index in [0.717, 1.165) is 23.5 Å². The number of methoxy groups -OCH3 is 1. The third-order valence-electron chi connectivity index (χ3n) is 2.95. The Balaban J connectivity index is 1.90. The van der Waals surface area contributed by atoms with Crippen molar-refractivity contribution >= 4 is 11.3 Å². The lowest BCUT2D eigenvalue weighted by atomic mass is 10.1. The number of nitrogens with one attached hydrogen (secondary N) is 1. The number of hydrogen-bond donors (Lipinski definition) is 1. The maximum atomic E-state index is 13.3. The summed E-state index contributed by atoms with van der Waals surface area (Å²) in [6.07, 6.45) is 2.72. The van der Waals surface area contributed by atoms with E-state index in [1.54, 1.807) is 23.5 Å². The quantitative estimate of drug-likeness (QED) is 0.882. The van der Waals surface area contributed by atoms with Crippen molar-refractivity contribution in [2.24, 2.45) is 0 Å². The highest BCUT2D eigenvalue weighted by molar-refractivity contribution is 7.09. The maximum absolute atomic E-state index is 13.3. The van der Waals surface area contributed by atoms with Gasteiger partial charge in [0.15, 0.2) is 11.6 Å². The van der Waals surface area contributed by atoms with Crippen LogP contribution >= 0.6 is 11.3 Å². The molecule has 0 fully saturated rings. The predicted octanol–water partition coefficient (Wildman–Crippen LogP) is 3.18. The van der Waals surface area contributed by atoms with Gasteiger partial charge in [0.05, 0.1) is 12.1 Å². The van der Waals surface area contributed by atoms with Crippen molar-refractivity contribution in [1.82, 2.24) is 10.3 Å². The van der Waals surface area contributed by atoms with E-state index in [2.05, 4.69) is 17.2 Å². The molecule has 3 nitrogen and oxygen atoms in total. The Bertz CT molecular complexity index is 516. The molecule has 1 unspecified atom stereocenters. The molecular formula is C14H17FN2OS. The van der Waals surface area contributed by atoms with Crippen LogP contribution in [0.3, 0.4) is 0 Å². The van der Waals surface area contributed by atoms with Gasteiger partial charge in [-0.05, 0) is 24.6 Å². The Morgan fingerprint density at radius 2 is 2.32 bits per heavy atom. The highest BCUT2D eigenvalue weighted by Gasteiger charge is 2.09. The van der Waals surface area contributed by atoms with Gasteiger partial charge in [0.2, 0.25) is 0 Å². The van der Waals surface area contributed by atoms with Gasteiger partial charge in [-0.1, -0.05) is 6.07 Å². The van der Waals surface area contributed by atoms with Gasteiger partial charge in [-0.3, -0.25) is 0 Å². The molecule has 1 aromatic carbocycles. The van der Waals surface area contributed by atoms with Crippen molar-refractivity contribution in [3.05, 3.63) is 46.2 Å². The monoisotopic (exact) mass is 280 g/mol. The summed E-state index contributed by atoms with van der Waals surface area (Å²) in [7, 11) is 1.47. The van der Waals surface area contributed by atoms with Crippen LogP contribution in [0.15, 0.2) is 29.8 Å². The summed E-state index contributed by atoms with van der Waals surface area (Å²) in [5, 5.41) is 6.49. The summed E-state index contributed by atoms with van der Waals surface area (Å²) in [6, 6.07) is 5.09. The largest absolute Gasteiger partial charge is 0.494 e. The van der Waals surface area contributed by atoms with E-state index < -0.39 is 0 Å². The minimum atomic E-state index is -0.332. The number of nitrogens with zero attached hydrogens (tertiary/aromatic N) is 1. The van der Waals surface area contributed by atoms with Crippen molar-refractivity contribution in [1.29, 1.82) is 0 Å². The van der Waals surface area contributed by atoms with Gasteiger partial charge in [0.25, 0.3) is 0 Å². The Labute approximate surface area is 116 Å². The summed E-state index contributed by atoms with van der Waals surface area (Å²) in [6.45, 7) is 2.89. The van der Waals surface area contributed by atoms with Gasteiger partial charge in [-0.15, -0.1) is 11.3 Å². The fraction of sp³-hybridized carbons (Fsp3) is 0.357. The first-order valence-electron chi connectivity index (χ1n) is 6.16. The second kappa shape index (κ2) is 6.63. The highest BCUT2D eigenvalue weighted by Crippen LogP contribution is 2.22. The van der Waals surface area contributed by atoms with Crippen LogP contribution in [0.2, 0.25) is 0 Å². The van der Waals surface area contributed by atoms with Crippen molar-refractivity contribution in [3.63, 3.8) is 0 Å². The van der Waals surface area contributed by atoms with E-state index in [-0.39, 0.29) is 17.6 Å². The fourth-order valence-corrected chi connectivity index (χ4v) is 2.46. The molecule has 1 aromatic heterocycles. The Morgan fingerprint density at radius 3 is 3.00 bits per heavy atom. The van der Waals surface area contributed by atoms with E-state index in [1.165, 1.54) is 13.2 Å². The minimum Gasteiger partial charge on any atom is -0.494 e. The first-order valence-corrected chi connectivity index (χ1v) is 7.04. The van der Waals surface area contributed by atoms with E-state index in [1.807, 2.05) is 11.6 Å². The Kier molecular flexibility index (Phi) is 4.87. The predicted molar refractivity (Wildman–Crippen MR) is 75.2 cm³/mol. The molecule has 5 heteroatoms. The van der Waals surface area contributed by atoms with E-state index >= 15 is 0 Å². The second-order valence-corrected chi connectivity index (χ2v) is 5.22. The Morgan fingerprint density at radius 1 is 1.47 bits per heavy atom. The molecule has 0 aliphatic rings. The Hall–Kier alpha value is -1.46. The van der Waals surface area contributed by atoms with Crippen molar-refractivity contribution in [3.8, 4) is 5.75 Å². The standard InChI is InChI=1S/C14H17FN2OS/c1-10(16-6-5-14-17-7-8-19-14)11-3-4-12(15)13(9-11)18-2/h3-4,7-10,16H,5-6H2,1-2H3. The molecule has 0 aliphatic heterocycles. The summed E-state index contributed by atoms with van der Waals surface area (Å²) >= 11 is 1.66. The van der Waals surface area contributed by atoms with Gasteiger partial charge in [-0.2, -0.15) is 0 Å². The van der Waals surface area contributed by atoms with Gasteiger partial charge >= 0.3 is 0 Å². The summed E-state index contributed by atoms with van der Waals surface area (Å²) in [4.78, 5) is 4.23. The van der Waals surface area contributed by atoms with Crippen LogP contribution in [-0.4, -0.2) is 18.6 Å². The van der Waals surface area contributed by atoms with E-state index in [4.69, 9.17) is 4.74 Å². The van der Waals surface area contributed by atoms with Crippen LogP contribution in [0, 0.1) is 5.82 Å². The van der Waals surface area contributed by atoms with Gasteiger partial charge in [-0.25, -0.2) is 9.37 Å². The van der Waals surface area contributed by atoms with Crippen molar-refractivity contribution < 1.29 is 9.13 Å². The molecule has 1 N–H and O–H groups in total. The molecule has 2 aromatic rings. The summed E-state index contributed by atoms with van der Waals surface area (Å²) in [5.41, 5.74) is 1.01. The lowest BCUT2D eigenvalue weighted by Gasteiger charge is -2.15. The van der Waals surface area contributed by atoms with Gasteiger partial charge in [0.1, 0.15) is 0 Å². The van der Waals surface area contributed by atoms with Crippen LogP contribution in [0.25, 0.3) is 0 Å². The molecule has 2 rings (SSSR count). The topological polar surface area (TPSA) is 34.1 Å². The van der Waals surface area contributed by atoms with Crippen LogP contribution in [0.1, 0.15) is 23.5 Å².